The largest absolute Gasteiger partial charge is 0.461 e. The van der Waals surface area contributed by atoms with Gasteiger partial charge in [0.25, 0.3) is 0 Å². The Morgan fingerprint density at radius 2 is 2.36 bits per heavy atom. The summed E-state index contributed by atoms with van der Waals surface area (Å²) in [6.45, 7) is 5.51. The highest BCUT2D eigenvalue weighted by Gasteiger charge is 2.00. The van der Waals surface area contributed by atoms with Crippen molar-refractivity contribution in [2.24, 2.45) is 5.73 Å². The van der Waals surface area contributed by atoms with Crippen molar-refractivity contribution in [1.82, 2.24) is 0 Å². The van der Waals surface area contributed by atoms with E-state index in [2.05, 4.69) is 6.58 Å². The van der Waals surface area contributed by atoms with Crippen molar-refractivity contribution < 1.29 is 4.42 Å². The zero-order chi connectivity index (χ0) is 8.27. The van der Waals surface area contributed by atoms with Crippen LogP contribution in [0.1, 0.15) is 17.1 Å². The van der Waals surface area contributed by atoms with Gasteiger partial charge in [-0.05, 0) is 31.3 Å². The fourth-order valence-electron chi connectivity index (χ4n) is 0.945. The Balaban J connectivity index is 3.11. The lowest BCUT2D eigenvalue weighted by Crippen LogP contribution is -1.76. The fourth-order valence-corrected chi connectivity index (χ4v) is 0.945. The molecule has 11 heavy (non-hydrogen) atoms. The quantitative estimate of drug-likeness (QED) is 0.699. The van der Waals surface area contributed by atoms with Crippen molar-refractivity contribution in [2.45, 2.75) is 6.92 Å². The molecule has 0 unspecified atom stereocenters. The van der Waals surface area contributed by atoms with E-state index >= 15 is 0 Å². The van der Waals surface area contributed by atoms with Gasteiger partial charge in [-0.25, -0.2) is 0 Å². The molecule has 58 valence electrons. The van der Waals surface area contributed by atoms with Gasteiger partial charge >= 0.3 is 0 Å². The molecule has 0 saturated carbocycles. The van der Waals surface area contributed by atoms with Gasteiger partial charge in [0, 0.05) is 5.56 Å². The van der Waals surface area contributed by atoms with Crippen LogP contribution >= 0.6 is 0 Å². The Kier molecular flexibility index (Phi) is 2.16. The number of hydrogen-bond donors (Lipinski definition) is 1. The van der Waals surface area contributed by atoms with Crippen molar-refractivity contribution in [3.63, 3.8) is 0 Å². The number of hydrogen-bond acceptors (Lipinski definition) is 2. The van der Waals surface area contributed by atoms with E-state index in [0.29, 0.717) is 0 Å². The van der Waals surface area contributed by atoms with Crippen molar-refractivity contribution in [2.75, 3.05) is 0 Å². The van der Waals surface area contributed by atoms with E-state index in [-0.39, 0.29) is 0 Å². The second-order valence-electron chi connectivity index (χ2n) is 2.24. The van der Waals surface area contributed by atoms with E-state index in [1.54, 1.807) is 12.2 Å². The van der Waals surface area contributed by atoms with Gasteiger partial charge in [-0.15, -0.1) is 0 Å². The molecule has 2 nitrogen and oxygen atoms in total. The summed E-state index contributed by atoms with van der Waals surface area (Å²) in [5.74, 6) is 1.64. The number of nitrogens with two attached hydrogens (primary N) is 1. The Bertz CT molecular complexity index is 284. The molecule has 0 atom stereocenters. The Morgan fingerprint density at radius 3 is 2.91 bits per heavy atom. The van der Waals surface area contributed by atoms with E-state index < -0.39 is 0 Å². The lowest BCUT2D eigenvalue weighted by Gasteiger charge is -1.85. The highest BCUT2D eigenvalue weighted by atomic mass is 16.3. The molecule has 0 aliphatic carbocycles. The van der Waals surface area contributed by atoms with Crippen LogP contribution in [0.5, 0.6) is 0 Å². The van der Waals surface area contributed by atoms with Gasteiger partial charge in [0.2, 0.25) is 0 Å². The summed E-state index contributed by atoms with van der Waals surface area (Å²) >= 11 is 0. The van der Waals surface area contributed by atoms with Crippen LogP contribution in [0.25, 0.3) is 12.2 Å². The molecule has 0 saturated heterocycles. The molecule has 0 aliphatic heterocycles. The highest BCUT2D eigenvalue weighted by molar-refractivity contribution is 5.60. The van der Waals surface area contributed by atoms with Crippen LogP contribution in [0, 0.1) is 6.92 Å². The maximum Gasteiger partial charge on any atom is 0.133 e. The second-order valence-corrected chi connectivity index (χ2v) is 2.24. The lowest BCUT2D eigenvalue weighted by molar-refractivity contribution is 0.524. The van der Waals surface area contributed by atoms with E-state index in [4.69, 9.17) is 10.2 Å². The average Bonchev–Trinajstić information content (AvgIpc) is 2.32. The predicted molar refractivity (Wildman–Crippen MR) is 46.8 cm³/mol. The van der Waals surface area contributed by atoms with Crippen molar-refractivity contribution in [3.8, 4) is 0 Å². The summed E-state index contributed by atoms with van der Waals surface area (Å²) in [7, 11) is 0. The second kappa shape index (κ2) is 3.10. The van der Waals surface area contributed by atoms with Crippen LogP contribution in [-0.2, 0) is 0 Å². The molecule has 0 bridgehead atoms. The molecular weight excluding hydrogens is 138 g/mol. The van der Waals surface area contributed by atoms with Gasteiger partial charge in [-0.3, -0.25) is 0 Å². The molecule has 1 aromatic rings. The van der Waals surface area contributed by atoms with Crippen LogP contribution in [0.3, 0.4) is 0 Å². The molecule has 0 spiro atoms. The first-order valence-electron chi connectivity index (χ1n) is 3.39. The normalized spacial score (nSPS) is 10.6. The first kappa shape index (κ1) is 7.66. The summed E-state index contributed by atoms with van der Waals surface area (Å²) in [4.78, 5) is 0. The molecule has 0 radical (unpaired) electrons. The van der Waals surface area contributed by atoms with Crippen LogP contribution in [0.4, 0.5) is 0 Å². The fraction of sp³-hybridized carbons (Fsp3) is 0.111. The molecule has 2 N–H and O–H groups in total. The summed E-state index contributed by atoms with van der Waals surface area (Å²) in [6, 6.07) is 1.92. The summed E-state index contributed by atoms with van der Waals surface area (Å²) in [5, 5.41) is 0. The first-order valence-corrected chi connectivity index (χ1v) is 3.39. The smallest absolute Gasteiger partial charge is 0.133 e. The van der Waals surface area contributed by atoms with Gasteiger partial charge in [0.1, 0.15) is 11.5 Å². The standard InChI is InChI=1S/C9H11NO/c1-3-9-8(4-5-10)6-7(2)11-9/h3-6H,1,10H2,2H3/b5-4-. The monoisotopic (exact) mass is 149 g/mol. The first-order chi connectivity index (χ1) is 5.27. The van der Waals surface area contributed by atoms with E-state index in [9.17, 15) is 0 Å². The van der Waals surface area contributed by atoms with Crippen LogP contribution in [0.2, 0.25) is 0 Å². The minimum Gasteiger partial charge on any atom is -0.461 e. The average molecular weight is 149 g/mol. The lowest BCUT2D eigenvalue weighted by atomic mass is 10.2. The van der Waals surface area contributed by atoms with Crippen molar-refractivity contribution in [3.05, 3.63) is 35.9 Å². The van der Waals surface area contributed by atoms with Crippen LogP contribution in [0.15, 0.2) is 23.3 Å². The van der Waals surface area contributed by atoms with Crippen LogP contribution in [-0.4, -0.2) is 0 Å². The van der Waals surface area contributed by atoms with Crippen LogP contribution < -0.4 is 5.73 Å². The Labute approximate surface area is 66.0 Å². The van der Waals surface area contributed by atoms with E-state index in [1.165, 1.54) is 6.20 Å². The molecule has 1 heterocycles. The van der Waals surface area contributed by atoms with Gasteiger partial charge in [-0.1, -0.05) is 6.58 Å². The minimum atomic E-state index is 0.768. The van der Waals surface area contributed by atoms with Gasteiger partial charge in [0.05, 0.1) is 0 Å². The number of aryl methyl sites for hydroxylation is 1. The maximum absolute atomic E-state index is 5.29. The minimum absolute atomic E-state index is 0.768. The third kappa shape index (κ3) is 1.52. The Morgan fingerprint density at radius 1 is 1.64 bits per heavy atom. The maximum atomic E-state index is 5.29. The predicted octanol–water partition coefficient (Wildman–Crippen LogP) is 2.16. The summed E-state index contributed by atoms with van der Waals surface area (Å²) in [6.07, 6.45) is 4.94. The molecular formula is C9H11NO. The summed E-state index contributed by atoms with van der Waals surface area (Å²) in [5.41, 5.74) is 6.21. The zero-order valence-corrected chi connectivity index (χ0v) is 6.50. The highest BCUT2D eigenvalue weighted by Crippen LogP contribution is 2.16. The molecule has 1 rings (SSSR count). The van der Waals surface area contributed by atoms with Gasteiger partial charge in [0.15, 0.2) is 0 Å². The molecule has 0 aliphatic rings. The topological polar surface area (TPSA) is 39.2 Å². The summed E-state index contributed by atoms with van der Waals surface area (Å²) < 4.78 is 5.29. The van der Waals surface area contributed by atoms with Gasteiger partial charge < -0.3 is 10.2 Å². The van der Waals surface area contributed by atoms with E-state index in [0.717, 1.165) is 17.1 Å². The molecule has 0 aromatic carbocycles. The van der Waals surface area contributed by atoms with E-state index in [1.807, 2.05) is 13.0 Å². The third-order valence-corrected chi connectivity index (χ3v) is 1.38. The molecule has 0 fully saturated rings. The number of furan rings is 1. The zero-order valence-electron chi connectivity index (χ0n) is 6.50. The number of rotatable bonds is 2. The van der Waals surface area contributed by atoms with Crippen molar-refractivity contribution in [1.29, 1.82) is 0 Å². The van der Waals surface area contributed by atoms with Crippen molar-refractivity contribution >= 4 is 12.2 Å². The third-order valence-electron chi connectivity index (χ3n) is 1.38. The Hall–Kier alpha value is -1.44. The molecule has 0 amide bonds. The molecule has 1 aromatic heterocycles. The SMILES string of the molecule is C=Cc1oc(C)cc1/C=C\N. The molecule has 2 heteroatoms. The van der Waals surface area contributed by atoms with Gasteiger partial charge in [-0.2, -0.15) is 0 Å².